The molecule has 0 aliphatic heterocycles. The molecule has 0 aromatic rings. The van der Waals surface area contributed by atoms with Gasteiger partial charge in [-0.2, -0.15) is 13.2 Å². The highest BCUT2D eigenvalue weighted by Crippen LogP contribution is 2.25. The number of rotatable bonds is 10. The fourth-order valence-electron chi connectivity index (χ4n) is 2.32. The summed E-state index contributed by atoms with van der Waals surface area (Å²) in [6, 6.07) is 0.736. The number of hydrogen-bond acceptors (Lipinski definition) is 1. The molecule has 0 radical (unpaired) electrons. The van der Waals surface area contributed by atoms with Crippen molar-refractivity contribution in [3.05, 3.63) is 0 Å². The molecule has 0 fully saturated rings. The van der Waals surface area contributed by atoms with E-state index in [0.29, 0.717) is 0 Å². The maximum Gasteiger partial charge on any atom is 0.470 e. The smallest absolute Gasteiger partial charge is 0.365 e. The molecule has 0 heterocycles. The van der Waals surface area contributed by atoms with E-state index in [1.54, 1.807) is 0 Å². The average molecular weight is 325 g/mol. The predicted molar refractivity (Wildman–Crippen MR) is 83.7 cm³/mol. The van der Waals surface area contributed by atoms with Crippen molar-refractivity contribution in [1.29, 1.82) is 0 Å². The van der Waals surface area contributed by atoms with E-state index in [0.717, 1.165) is 29.9 Å². The summed E-state index contributed by atoms with van der Waals surface area (Å²) in [4.78, 5) is 11.3. The number of carbonyl (C=O) groups excluding carboxylic acids is 1. The van der Waals surface area contributed by atoms with Crippen LogP contribution in [0.2, 0.25) is 19.1 Å². The highest BCUT2D eigenvalue weighted by molar-refractivity contribution is 6.76. The summed E-state index contributed by atoms with van der Waals surface area (Å²) >= 11 is 0. The SMILES string of the molecule is CCCCCCCCCC[Si](C)(C)N(C)C(=O)C(F)(F)F. The van der Waals surface area contributed by atoms with Crippen molar-refractivity contribution in [1.82, 2.24) is 4.57 Å². The molecule has 0 spiro atoms. The van der Waals surface area contributed by atoms with Crippen LogP contribution in [0.1, 0.15) is 58.3 Å². The summed E-state index contributed by atoms with van der Waals surface area (Å²) in [6.07, 6.45) is 4.62. The van der Waals surface area contributed by atoms with E-state index in [1.807, 2.05) is 13.1 Å². The number of unbranched alkanes of at least 4 members (excludes halogenated alkanes) is 7. The lowest BCUT2D eigenvalue weighted by Gasteiger charge is -2.34. The van der Waals surface area contributed by atoms with Crippen LogP contribution in [-0.2, 0) is 4.79 Å². The number of carbonyl (C=O) groups is 1. The Balaban J connectivity index is 3.95. The second kappa shape index (κ2) is 9.49. The third kappa shape index (κ3) is 8.49. The quantitative estimate of drug-likeness (QED) is 0.391. The molecule has 0 aromatic heterocycles. The molecule has 6 heteroatoms. The third-order valence-corrected chi connectivity index (χ3v) is 7.69. The van der Waals surface area contributed by atoms with E-state index in [9.17, 15) is 18.0 Å². The van der Waals surface area contributed by atoms with Gasteiger partial charge in [-0.25, -0.2) is 0 Å². The molecule has 0 saturated carbocycles. The maximum atomic E-state index is 12.5. The van der Waals surface area contributed by atoms with Gasteiger partial charge in [0.1, 0.15) is 0 Å². The molecule has 21 heavy (non-hydrogen) atoms. The minimum Gasteiger partial charge on any atom is -0.365 e. The average Bonchev–Trinajstić information content (AvgIpc) is 2.39. The zero-order valence-corrected chi connectivity index (χ0v) is 14.9. The third-order valence-electron chi connectivity index (χ3n) is 4.10. The number of nitrogens with zero attached hydrogens (tertiary/aromatic N) is 1. The molecular weight excluding hydrogens is 295 g/mol. The van der Waals surface area contributed by atoms with Crippen LogP contribution in [0, 0.1) is 0 Å². The van der Waals surface area contributed by atoms with Crippen LogP contribution in [0.5, 0.6) is 0 Å². The Morgan fingerprint density at radius 2 is 1.38 bits per heavy atom. The Kier molecular flexibility index (Phi) is 9.25. The van der Waals surface area contributed by atoms with Crippen LogP contribution in [0.25, 0.3) is 0 Å². The minimum atomic E-state index is -4.75. The second-order valence-electron chi connectivity index (χ2n) is 6.40. The fourth-order valence-corrected chi connectivity index (χ4v) is 4.45. The summed E-state index contributed by atoms with van der Waals surface area (Å²) in [5, 5.41) is 0. The zero-order chi connectivity index (χ0) is 16.5. The van der Waals surface area contributed by atoms with Crippen LogP contribution in [0.15, 0.2) is 0 Å². The summed E-state index contributed by atoms with van der Waals surface area (Å²) in [6.45, 7) is 5.85. The number of halogens is 3. The molecular formula is C15H30F3NOSi. The molecule has 0 aromatic carbocycles. The lowest BCUT2D eigenvalue weighted by molar-refractivity contribution is -0.179. The number of amides is 1. The van der Waals surface area contributed by atoms with E-state index in [4.69, 9.17) is 0 Å². The lowest BCUT2D eigenvalue weighted by atomic mass is 10.1. The Bertz CT molecular complexity index is 306. The van der Waals surface area contributed by atoms with Crippen LogP contribution >= 0.6 is 0 Å². The van der Waals surface area contributed by atoms with Crippen LogP contribution < -0.4 is 0 Å². The van der Waals surface area contributed by atoms with E-state index in [1.165, 1.54) is 39.2 Å². The van der Waals surface area contributed by atoms with Gasteiger partial charge in [0.05, 0.1) is 0 Å². The van der Waals surface area contributed by atoms with Crippen LogP contribution in [0.4, 0.5) is 13.2 Å². The molecule has 126 valence electrons. The van der Waals surface area contributed by atoms with Gasteiger partial charge in [-0.05, 0) is 6.04 Å². The monoisotopic (exact) mass is 325 g/mol. The first-order valence-corrected chi connectivity index (χ1v) is 11.1. The molecule has 1 amide bonds. The van der Waals surface area contributed by atoms with Crippen LogP contribution in [-0.4, -0.2) is 31.9 Å². The normalized spacial score (nSPS) is 12.5. The van der Waals surface area contributed by atoms with Crippen molar-refractivity contribution < 1.29 is 18.0 Å². The largest absolute Gasteiger partial charge is 0.470 e. The molecule has 2 nitrogen and oxygen atoms in total. The van der Waals surface area contributed by atoms with Gasteiger partial charge in [-0.1, -0.05) is 71.4 Å². The van der Waals surface area contributed by atoms with E-state index in [2.05, 4.69) is 6.92 Å². The minimum absolute atomic E-state index is 0.736. The van der Waals surface area contributed by atoms with Crippen molar-refractivity contribution in [3.63, 3.8) is 0 Å². The Morgan fingerprint density at radius 1 is 0.952 bits per heavy atom. The molecule has 0 N–H and O–H groups in total. The van der Waals surface area contributed by atoms with Crippen molar-refractivity contribution in [2.45, 2.75) is 83.6 Å². The summed E-state index contributed by atoms with van der Waals surface area (Å²) in [5.74, 6) is -1.70. The van der Waals surface area contributed by atoms with Crippen LogP contribution in [0.3, 0.4) is 0 Å². The Hall–Kier alpha value is -0.523. The maximum absolute atomic E-state index is 12.5. The molecule has 0 rings (SSSR count). The van der Waals surface area contributed by atoms with Crippen molar-refractivity contribution in [2.75, 3.05) is 7.05 Å². The van der Waals surface area contributed by atoms with E-state index >= 15 is 0 Å². The predicted octanol–water partition coefficient (Wildman–Crippen LogP) is 5.35. The molecule has 0 unspecified atom stereocenters. The number of alkyl halides is 3. The van der Waals surface area contributed by atoms with Gasteiger partial charge >= 0.3 is 12.1 Å². The van der Waals surface area contributed by atoms with Crippen molar-refractivity contribution in [2.24, 2.45) is 0 Å². The summed E-state index contributed by atoms with van der Waals surface area (Å²) in [5.41, 5.74) is 0. The lowest BCUT2D eigenvalue weighted by Crippen LogP contribution is -2.53. The van der Waals surface area contributed by atoms with Gasteiger partial charge in [0, 0.05) is 7.05 Å². The molecule has 0 atom stereocenters. The van der Waals surface area contributed by atoms with Gasteiger partial charge in [-0.15, -0.1) is 0 Å². The molecule has 0 aliphatic carbocycles. The van der Waals surface area contributed by atoms with Gasteiger partial charge in [0.2, 0.25) is 0 Å². The van der Waals surface area contributed by atoms with Crippen molar-refractivity contribution >= 4 is 14.1 Å². The van der Waals surface area contributed by atoms with E-state index in [-0.39, 0.29) is 0 Å². The van der Waals surface area contributed by atoms with E-state index < -0.39 is 20.3 Å². The van der Waals surface area contributed by atoms with Gasteiger partial charge < -0.3 is 4.57 Å². The number of hydrogen-bond donors (Lipinski definition) is 0. The second-order valence-corrected chi connectivity index (χ2v) is 11.2. The first kappa shape index (κ1) is 20.5. The fraction of sp³-hybridized carbons (Fsp3) is 0.933. The topological polar surface area (TPSA) is 20.3 Å². The Labute approximate surface area is 128 Å². The van der Waals surface area contributed by atoms with Gasteiger partial charge in [-0.3, -0.25) is 4.79 Å². The first-order valence-electron chi connectivity index (χ1n) is 7.98. The Morgan fingerprint density at radius 3 is 1.81 bits per heavy atom. The standard InChI is InChI=1S/C15H30F3NOSi/c1-5-6-7-8-9-10-11-12-13-21(3,4)19(2)14(20)15(16,17)18/h5-13H2,1-4H3. The first-order chi connectivity index (χ1) is 9.63. The van der Waals surface area contributed by atoms with Gasteiger partial charge in [0.15, 0.2) is 8.24 Å². The van der Waals surface area contributed by atoms with Crippen molar-refractivity contribution in [3.8, 4) is 0 Å². The summed E-state index contributed by atoms with van der Waals surface area (Å²) in [7, 11) is -0.999. The molecule has 0 bridgehead atoms. The summed E-state index contributed by atoms with van der Waals surface area (Å²) < 4.78 is 38.3. The highest BCUT2D eigenvalue weighted by Gasteiger charge is 2.45. The highest BCUT2D eigenvalue weighted by atomic mass is 28.3. The molecule has 0 saturated heterocycles. The zero-order valence-electron chi connectivity index (χ0n) is 13.9. The molecule has 0 aliphatic rings. The van der Waals surface area contributed by atoms with Gasteiger partial charge in [0.25, 0.3) is 0 Å².